The van der Waals surface area contributed by atoms with Crippen LogP contribution in [0, 0.1) is 0 Å². The largest absolute Gasteiger partial charge is 0.196 e. The number of hydrogen-bond acceptors (Lipinski definition) is 5. The third-order valence-electron chi connectivity index (χ3n) is 2.65. The van der Waals surface area contributed by atoms with E-state index < -0.39 is 0 Å². The summed E-state index contributed by atoms with van der Waals surface area (Å²) in [7, 11) is 0. The maximum atomic E-state index is 4.16. The topological polar surface area (TPSA) is 43.6 Å². The molecule has 0 saturated carbocycles. The van der Waals surface area contributed by atoms with Crippen molar-refractivity contribution in [2.75, 3.05) is 0 Å². The van der Waals surface area contributed by atoms with E-state index in [9.17, 15) is 0 Å². The number of nitrogens with zero attached hydrogens (tertiary/aromatic N) is 4. The Labute approximate surface area is 119 Å². The van der Waals surface area contributed by atoms with Gasteiger partial charge in [0.15, 0.2) is 5.82 Å². The first-order valence-corrected chi connectivity index (χ1v) is 7.64. The summed E-state index contributed by atoms with van der Waals surface area (Å²) < 4.78 is 3.07. The van der Waals surface area contributed by atoms with Gasteiger partial charge in [-0.3, -0.25) is 0 Å². The van der Waals surface area contributed by atoms with Crippen LogP contribution in [0.3, 0.4) is 0 Å². The predicted molar refractivity (Wildman–Crippen MR) is 77.7 cm³/mol. The maximum Gasteiger partial charge on any atom is 0.169 e. The molecule has 0 bridgehead atoms. The monoisotopic (exact) mass is 288 g/mol. The second kappa shape index (κ2) is 5.54. The molecule has 3 aromatic rings. The minimum Gasteiger partial charge on any atom is -0.196 e. The zero-order valence-electron chi connectivity index (χ0n) is 10.3. The van der Waals surface area contributed by atoms with Crippen LogP contribution < -0.4 is 0 Å². The number of rotatable bonds is 4. The Kier molecular flexibility index (Phi) is 3.61. The summed E-state index contributed by atoms with van der Waals surface area (Å²) in [5.41, 5.74) is 0.987. The van der Waals surface area contributed by atoms with Gasteiger partial charge in [-0.05, 0) is 40.9 Å². The molecule has 0 aliphatic carbocycles. The van der Waals surface area contributed by atoms with Crippen molar-refractivity contribution in [1.29, 1.82) is 0 Å². The predicted octanol–water partition coefficient (Wildman–Crippen LogP) is 3.58. The lowest BCUT2D eigenvalue weighted by molar-refractivity contribution is 0.763. The highest BCUT2D eigenvalue weighted by molar-refractivity contribution is 8.01. The molecule has 0 aliphatic heterocycles. The van der Waals surface area contributed by atoms with Crippen LogP contribution in [0.4, 0.5) is 0 Å². The quantitative estimate of drug-likeness (QED) is 0.688. The van der Waals surface area contributed by atoms with Crippen LogP contribution in [-0.2, 0) is 0 Å². The first kappa shape index (κ1) is 12.4. The molecule has 0 fully saturated rings. The van der Waals surface area contributed by atoms with E-state index in [0.29, 0.717) is 0 Å². The molecule has 4 nitrogen and oxygen atoms in total. The van der Waals surface area contributed by atoms with Crippen LogP contribution in [-0.4, -0.2) is 20.2 Å². The molecule has 2 aromatic heterocycles. The molecular weight excluding hydrogens is 276 g/mol. The van der Waals surface area contributed by atoms with Gasteiger partial charge in [0, 0.05) is 0 Å². The number of tetrazole rings is 1. The molecule has 1 aromatic carbocycles. The molecule has 96 valence electrons. The summed E-state index contributed by atoms with van der Waals surface area (Å²) in [6.45, 7) is 2.12. The summed E-state index contributed by atoms with van der Waals surface area (Å²) in [6, 6.07) is 14.1. The van der Waals surface area contributed by atoms with Crippen LogP contribution in [0.15, 0.2) is 52.1 Å². The van der Waals surface area contributed by atoms with Crippen molar-refractivity contribution in [2.45, 2.75) is 16.4 Å². The molecule has 0 amide bonds. The van der Waals surface area contributed by atoms with Crippen molar-refractivity contribution in [3.8, 4) is 5.69 Å². The average Bonchev–Trinajstić information content (AvgIpc) is 3.10. The van der Waals surface area contributed by atoms with Gasteiger partial charge in [0.2, 0.25) is 0 Å². The van der Waals surface area contributed by atoms with E-state index in [1.54, 1.807) is 27.8 Å². The first-order valence-electron chi connectivity index (χ1n) is 5.88. The molecule has 3 rings (SSSR count). The van der Waals surface area contributed by atoms with Gasteiger partial charge in [-0.2, -0.15) is 4.68 Å². The molecular formula is C13H12N4S2. The summed E-state index contributed by atoms with van der Waals surface area (Å²) in [6.07, 6.45) is 0. The van der Waals surface area contributed by atoms with Gasteiger partial charge in [-0.25, -0.2) is 0 Å². The Morgan fingerprint density at radius 1 is 1.16 bits per heavy atom. The minimum atomic E-state index is 0.203. The molecule has 6 heteroatoms. The Morgan fingerprint density at radius 2 is 2.00 bits per heavy atom. The Bertz CT molecular complexity index is 634. The van der Waals surface area contributed by atoms with Crippen LogP contribution in [0.5, 0.6) is 0 Å². The number of thioether (sulfide) groups is 1. The zero-order valence-corrected chi connectivity index (χ0v) is 11.9. The maximum absolute atomic E-state index is 4.16. The van der Waals surface area contributed by atoms with E-state index in [4.69, 9.17) is 0 Å². The Hall–Kier alpha value is -1.66. The van der Waals surface area contributed by atoms with Gasteiger partial charge in [-0.1, -0.05) is 24.3 Å². The number of aromatic nitrogens is 4. The SMILES string of the molecule is C[C@H](Sc1cccs1)c1nnnn1-c1ccccc1. The fraction of sp³-hybridized carbons (Fsp3) is 0.154. The highest BCUT2D eigenvalue weighted by atomic mass is 32.2. The normalized spacial score (nSPS) is 12.5. The summed E-state index contributed by atoms with van der Waals surface area (Å²) >= 11 is 3.51. The fourth-order valence-electron chi connectivity index (χ4n) is 1.76. The molecule has 2 heterocycles. The third-order valence-corrected chi connectivity index (χ3v) is 4.82. The molecule has 0 spiro atoms. The number of para-hydroxylation sites is 1. The standard InChI is InChI=1S/C13H12N4S2/c1-10(19-12-8-5-9-18-12)13-14-15-16-17(13)11-6-3-2-4-7-11/h2-10H,1H3/t10-/m0/s1. The molecule has 0 N–H and O–H groups in total. The van der Waals surface area contributed by atoms with Gasteiger partial charge in [0.1, 0.15) is 0 Å². The Morgan fingerprint density at radius 3 is 2.74 bits per heavy atom. The average molecular weight is 288 g/mol. The van der Waals surface area contributed by atoms with Crippen molar-refractivity contribution in [3.63, 3.8) is 0 Å². The van der Waals surface area contributed by atoms with Crippen LogP contribution >= 0.6 is 23.1 Å². The van der Waals surface area contributed by atoms with Crippen molar-refractivity contribution >= 4 is 23.1 Å². The highest BCUT2D eigenvalue weighted by Crippen LogP contribution is 2.36. The summed E-state index contributed by atoms with van der Waals surface area (Å²) in [5, 5.41) is 14.3. The van der Waals surface area contributed by atoms with Gasteiger partial charge >= 0.3 is 0 Å². The molecule has 19 heavy (non-hydrogen) atoms. The Balaban J connectivity index is 1.88. The van der Waals surface area contributed by atoms with E-state index in [0.717, 1.165) is 11.5 Å². The number of thiophene rings is 1. The first-order chi connectivity index (χ1) is 9.34. The van der Waals surface area contributed by atoms with E-state index in [2.05, 4.69) is 40.0 Å². The summed E-state index contributed by atoms with van der Waals surface area (Å²) in [4.78, 5) is 0. The third kappa shape index (κ3) is 2.69. The lowest BCUT2D eigenvalue weighted by atomic mass is 10.3. The van der Waals surface area contributed by atoms with Gasteiger partial charge in [0.25, 0.3) is 0 Å². The van der Waals surface area contributed by atoms with Crippen LogP contribution in [0.1, 0.15) is 18.0 Å². The minimum absolute atomic E-state index is 0.203. The van der Waals surface area contributed by atoms with Crippen molar-refractivity contribution < 1.29 is 0 Å². The van der Waals surface area contributed by atoms with Crippen molar-refractivity contribution in [3.05, 3.63) is 53.7 Å². The second-order valence-electron chi connectivity index (χ2n) is 3.98. The fourth-order valence-corrected chi connectivity index (χ4v) is 3.79. The number of hydrogen-bond donors (Lipinski definition) is 0. The van der Waals surface area contributed by atoms with Gasteiger partial charge < -0.3 is 0 Å². The zero-order chi connectivity index (χ0) is 13.1. The lowest BCUT2D eigenvalue weighted by Crippen LogP contribution is -2.04. The summed E-state index contributed by atoms with van der Waals surface area (Å²) in [5.74, 6) is 0.865. The van der Waals surface area contributed by atoms with Crippen molar-refractivity contribution in [1.82, 2.24) is 20.2 Å². The molecule has 0 unspecified atom stereocenters. The molecule has 1 atom stereocenters. The van der Waals surface area contributed by atoms with E-state index >= 15 is 0 Å². The van der Waals surface area contributed by atoms with E-state index in [1.165, 1.54) is 4.21 Å². The van der Waals surface area contributed by atoms with Gasteiger partial charge in [-0.15, -0.1) is 28.2 Å². The van der Waals surface area contributed by atoms with Crippen molar-refractivity contribution in [2.24, 2.45) is 0 Å². The van der Waals surface area contributed by atoms with Crippen LogP contribution in [0.2, 0.25) is 0 Å². The highest BCUT2D eigenvalue weighted by Gasteiger charge is 2.17. The molecule has 0 saturated heterocycles. The number of benzene rings is 1. The lowest BCUT2D eigenvalue weighted by Gasteiger charge is -2.09. The molecule has 0 radical (unpaired) electrons. The van der Waals surface area contributed by atoms with E-state index in [-0.39, 0.29) is 5.25 Å². The van der Waals surface area contributed by atoms with E-state index in [1.807, 2.05) is 30.3 Å². The van der Waals surface area contributed by atoms with Crippen LogP contribution in [0.25, 0.3) is 5.69 Å². The van der Waals surface area contributed by atoms with Gasteiger partial charge in [0.05, 0.1) is 15.1 Å². The smallest absolute Gasteiger partial charge is 0.169 e. The molecule has 0 aliphatic rings. The second-order valence-corrected chi connectivity index (χ2v) is 6.57.